The lowest BCUT2D eigenvalue weighted by Gasteiger charge is -2.42. The van der Waals surface area contributed by atoms with E-state index in [0.29, 0.717) is 40.9 Å². The third-order valence-electron chi connectivity index (χ3n) is 6.80. The molecule has 0 radical (unpaired) electrons. The van der Waals surface area contributed by atoms with Crippen molar-refractivity contribution in [2.45, 2.75) is 25.9 Å². The molecule has 3 amide bonds. The molecule has 0 saturated carbocycles. The average molecular weight is 563 g/mol. The smallest absolute Gasteiger partial charge is 0.338 e. The Morgan fingerprint density at radius 3 is 2.55 bits per heavy atom. The first-order valence-corrected chi connectivity index (χ1v) is 13.0. The van der Waals surface area contributed by atoms with E-state index >= 15 is 0 Å². The summed E-state index contributed by atoms with van der Waals surface area (Å²) in [6.07, 6.45) is 0. The quantitative estimate of drug-likeness (QED) is 0.524. The molecule has 1 N–H and O–H groups in total. The number of nitrogens with one attached hydrogen (secondary N) is 1. The van der Waals surface area contributed by atoms with E-state index in [1.807, 2.05) is 6.92 Å². The summed E-state index contributed by atoms with van der Waals surface area (Å²) in [5, 5.41) is 3.58. The Kier molecular flexibility index (Phi) is 8.60. The summed E-state index contributed by atoms with van der Waals surface area (Å²) in [5.74, 6) is -1.49. The molecule has 8 nitrogen and oxygen atoms in total. The minimum absolute atomic E-state index is 0.0338. The first-order chi connectivity index (χ1) is 18.1. The molecule has 2 aliphatic rings. The highest BCUT2D eigenvalue weighted by Gasteiger charge is 2.39. The van der Waals surface area contributed by atoms with Gasteiger partial charge in [0.05, 0.1) is 23.8 Å². The average Bonchev–Trinajstić information content (AvgIpc) is 2.87. The van der Waals surface area contributed by atoms with Crippen molar-refractivity contribution >= 4 is 41.1 Å². The Labute approximate surface area is 230 Å². The molecule has 4 rings (SSSR count). The number of nitrogens with zero attached hydrogens (tertiary/aromatic N) is 3. The second-order valence-corrected chi connectivity index (χ2v) is 10.1. The van der Waals surface area contributed by atoms with Crippen LogP contribution in [0.15, 0.2) is 53.7 Å². The first kappa shape index (κ1) is 27.9. The van der Waals surface area contributed by atoms with Gasteiger partial charge in [-0.15, -0.1) is 0 Å². The first-order valence-electron chi connectivity index (χ1n) is 12.3. The fourth-order valence-corrected chi connectivity index (χ4v) is 5.36. The molecule has 38 heavy (non-hydrogen) atoms. The third-order valence-corrected chi connectivity index (χ3v) is 7.36. The maximum absolute atomic E-state index is 14.2. The number of urea groups is 1. The molecule has 2 heterocycles. The summed E-state index contributed by atoms with van der Waals surface area (Å²) >= 11 is 12.5. The summed E-state index contributed by atoms with van der Waals surface area (Å²) in [6, 6.07) is 9.33. The number of benzene rings is 2. The molecule has 0 bridgehead atoms. The van der Waals surface area contributed by atoms with Gasteiger partial charge >= 0.3 is 12.0 Å². The van der Waals surface area contributed by atoms with Gasteiger partial charge in [-0.1, -0.05) is 41.4 Å². The van der Waals surface area contributed by atoms with E-state index in [0.717, 1.165) is 0 Å². The van der Waals surface area contributed by atoms with Gasteiger partial charge in [-0.25, -0.2) is 14.0 Å². The van der Waals surface area contributed by atoms with Crippen LogP contribution in [0.2, 0.25) is 10.0 Å². The highest BCUT2D eigenvalue weighted by Crippen LogP contribution is 2.36. The van der Waals surface area contributed by atoms with Crippen LogP contribution in [0.5, 0.6) is 0 Å². The number of esters is 1. The molecular formula is C27H29Cl2FN4O4. The van der Waals surface area contributed by atoms with E-state index in [9.17, 15) is 18.8 Å². The third kappa shape index (κ3) is 5.65. The van der Waals surface area contributed by atoms with E-state index in [1.165, 1.54) is 17.0 Å². The number of carbonyl (C=O) groups is 3. The Bertz CT molecular complexity index is 1290. The Hall–Kier alpha value is -3.14. The lowest BCUT2D eigenvalue weighted by molar-refractivity contribution is -0.139. The maximum Gasteiger partial charge on any atom is 0.338 e. The number of carbonyl (C=O) groups excluding carboxylic acids is 3. The molecule has 11 heteroatoms. The molecule has 1 saturated heterocycles. The molecule has 2 aromatic carbocycles. The van der Waals surface area contributed by atoms with E-state index in [1.54, 1.807) is 49.2 Å². The molecule has 1 fully saturated rings. The zero-order valence-electron chi connectivity index (χ0n) is 21.3. The number of hydrogen-bond donors (Lipinski definition) is 1. The van der Waals surface area contributed by atoms with Gasteiger partial charge in [-0.3, -0.25) is 14.6 Å². The fourth-order valence-electron chi connectivity index (χ4n) is 4.85. The monoisotopic (exact) mass is 562 g/mol. The van der Waals surface area contributed by atoms with Crippen LogP contribution in [-0.4, -0.2) is 78.5 Å². The minimum Gasteiger partial charge on any atom is -0.463 e. The van der Waals surface area contributed by atoms with Crippen molar-refractivity contribution in [1.82, 2.24) is 20.0 Å². The van der Waals surface area contributed by atoms with E-state index in [2.05, 4.69) is 10.2 Å². The standard InChI is InChI=1S/C27H29Cl2FN4O4/c1-4-38-26(36)23-22(32(3)27(37)31-24(23)18-10-9-17(28)13-20(18)29)15-33-11-12-34(16(2)14-33)25(35)19-7-5-6-8-21(19)30/h5-10,13,16,24H,4,11-12,14-15H2,1-3H3,(H,31,37). The summed E-state index contributed by atoms with van der Waals surface area (Å²) in [7, 11) is 1.59. The molecule has 2 unspecified atom stereocenters. The number of halogens is 3. The largest absolute Gasteiger partial charge is 0.463 e. The molecule has 0 aromatic heterocycles. The van der Waals surface area contributed by atoms with Gasteiger partial charge < -0.3 is 15.0 Å². The van der Waals surface area contributed by atoms with Crippen molar-refractivity contribution < 1.29 is 23.5 Å². The van der Waals surface area contributed by atoms with E-state index in [-0.39, 0.29) is 36.2 Å². The van der Waals surface area contributed by atoms with Crippen molar-refractivity contribution in [3.8, 4) is 0 Å². The number of likely N-dealkylation sites (N-methyl/N-ethyl adjacent to an activating group) is 1. The molecular weight excluding hydrogens is 534 g/mol. The van der Waals surface area contributed by atoms with Gasteiger partial charge in [0.25, 0.3) is 5.91 Å². The van der Waals surface area contributed by atoms with Crippen molar-refractivity contribution in [3.63, 3.8) is 0 Å². The highest BCUT2D eigenvalue weighted by molar-refractivity contribution is 6.35. The minimum atomic E-state index is -0.834. The molecule has 2 aliphatic heterocycles. The normalized spacial score (nSPS) is 20.4. The Morgan fingerprint density at radius 2 is 1.89 bits per heavy atom. The summed E-state index contributed by atoms with van der Waals surface area (Å²) in [5.41, 5.74) is 1.30. The van der Waals surface area contributed by atoms with Gasteiger partial charge in [0, 0.05) is 55.0 Å². The van der Waals surface area contributed by atoms with Gasteiger partial charge in [0.1, 0.15) is 5.82 Å². The maximum atomic E-state index is 14.2. The summed E-state index contributed by atoms with van der Waals surface area (Å²) < 4.78 is 19.6. The van der Waals surface area contributed by atoms with Crippen molar-refractivity contribution in [1.29, 1.82) is 0 Å². The van der Waals surface area contributed by atoms with E-state index < -0.39 is 23.9 Å². The number of amides is 3. The van der Waals surface area contributed by atoms with Crippen LogP contribution < -0.4 is 5.32 Å². The summed E-state index contributed by atoms with van der Waals surface area (Å²) in [6.45, 7) is 5.29. The Balaban J connectivity index is 1.63. The van der Waals surface area contributed by atoms with Gasteiger partial charge in [-0.05, 0) is 43.7 Å². The van der Waals surface area contributed by atoms with Gasteiger partial charge in [0.15, 0.2) is 0 Å². The van der Waals surface area contributed by atoms with Crippen LogP contribution in [0.1, 0.15) is 35.8 Å². The lowest BCUT2D eigenvalue weighted by atomic mass is 9.94. The number of piperazine rings is 1. The number of ether oxygens (including phenoxy) is 1. The highest BCUT2D eigenvalue weighted by atomic mass is 35.5. The van der Waals surface area contributed by atoms with Gasteiger partial charge in [0.2, 0.25) is 0 Å². The summed E-state index contributed by atoms with van der Waals surface area (Å²) in [4.78, 5) is 44.3. The van der Waals surface area contributed by atoms with Crippen LogP contribution in [0.3, 0.4) is 0 Å². The van der Waals surface area contributed by atoms with E-state index in [4.69, 9.17) is 27.9 Å². The van der Waals surface area contributed by atoms with Crippen LogP contribution in [0.4, 0.5) is 9.18 Å². The number of hydrogen-bond acceptors (Lipinski definition) is 5. The molecule has 202 valence electrons. The molecule has 2 atom stereocenters. The Morgan fingerprint density at radius 1 is 1.16 bits per heavy atom. The zero-order valence-corrected chi connectivity index (χ0v) is 22.9. The van der Waals surface area contributed by atoms with Crippen molar-refractivity contribution in [3.05, 3.63) is 80.7 Å². The molecule has 2 aromatic rings. The van der Waals surface area contributed by atoms with Gasteiger partial charge in [-0.2, -0.15) is 0 Å². The lowest BCUT2D eigenvalue weighted by Crippen LogP contribution is -2.56. The molecule has 0 spiro atoms. The number of rotatable bonds is 6. The van der Waals surface area contributed by atoms with Crippen LogP contribution in [0, 0.1) is 5.82 Å². The molecule has 0 aliphatic carbocycles. The SMILES string of the molecule is CCOC(=O)C1=C(CN2CCN(C(=O)c3ccccc3F)C(C)C2)N(C)C(=O)NC1c1ccc(Cl)cc1Cl. The predicted octanol–water partition coefficient (Wildman–Crippen LogP) is 4.49. The van der Waals surface area contributed by atoms with Crippen LogP contribution in [0.25, 0.3) is 0 Å². The fraction of sp³-hybridized carbons (Fsp3) is 0.370. The van der Waals surface area contributed by atoms with Crippen molar-refractivity contribution in [2.24, 2.45) is 0 Å². The van der Waals surface area contributed by atoms with Crippen LogP contribution in [-0.2, 0) is 9.53 Å². The zero-order chi connectivity index (χ0) is 27.6. The second kappa shape index (κ2) is 11.7. The topological polar surface area (TPSA) is 82.2 Å². The van der Waals surface area contributed by atoms with Crippen molar-refractivity contribution in [2.75, 3.05) is 39.8 Å². The van der Waals surface area contributed by atoms with Crippen LogP contribution >= 0.6 is 23.2 Å². The predicted molar refractivity (Wildman–Crippen MR) is 142 cm³/mol. The second-order valence-electron chi connectivity index (χ2n) is 9.25.